The van der Waals surface area contributed by atoms with E-state index in [9.17, 15) is 14.3 Å². The number of rotatable bonds is 10. The Morgan fingerprint density at radius 1 is 1.36 bits per heavy atom. The lowest BCUT2D eigenvalue weighted by Gasteiger charge is -2.38. The zero-order valence-electron chi connectivity index (χ0n) is 18.6. The molecule has 33 heavy (non-hydrogen) atoms. The van der Waals surface area contributed by atoms with E-state index in [1.165, 1.54) is 13.2 Å². The van der Waals surface area contributed by atoms with Crippen LogP contribution in [0.5, 0.6) is 5.75 Å². The van der Waals surface area contributed by atoms with Crippen LogP contribution in [0.4, 0.5) is 9.18 Å². The van der Waals surface area contributed by atoms with Crippen LogP contribution in [0.1, 0.15) is 49.8 Å². The number of hydrogen-bond acceptors (Lipinski definition) is 5. The third-order valence-electron chi connectivity index (χ3n) is 5.70. The Morgan fingerprint density at radius 2 is 2.09 bits per heavy atom. The number of amides is 1. The summed E-state index contributed by atoms with van der Waals surface area (Å²) in [5.41, 5.74) is -0.125. The molecule has 1 aliphatic rings. The molecule has 1 heterocycles. The molecule has 2 N–H and O–H groups in total. The standard InChI is InChI=1S/C24H28BrClFNO5/c1-3-4-13-32-23(30)28-12-8-11-18(29)24(15-9-6-5-7-10-15)22(31-2)19-17(33-24)14-16(27)21(26)20(19)25/h5-7,9-10,14,18,22,29H,3-4,8,11-13H2,1-2H3,(H,28,30)/t18?,22-,24-/m0/s1. The van der Waals surface area contributed by atoms with E-state index < -0.39 is 29.7 Å². The molecule has 1 amide bonds. The number of hydrogen-bond donors (Lipinski definition) is 2. The Morgan fingerprint density at radius 3 is 2.76 bits per heavy atom. The highest BCUT2D eigenvalue weighted by atomic mass is 79.9. The van der Waals surface area contributed by atoms with Gasteiger partial charge in [-0.05, 0) is 35.2 Å². The maximum Gasteiger partial charge on any atom is 0.407 e. The predicted octanol–water partition coefficient (Wildman–Crippen LogP) is 5.88. The number of fused-ring (bicyclic) bond motifs is 1. The fourth-order valence-electron chi connectivity index (χ4n) is 4.06. The van der Waals surface area contributed by atoms with Gasteiger partial charge in [0.25, 0.3) is 0 Å². The summed E-state index contributed by atoms with van der Waals surface area (Å²) in [4.78, 5) is 11.8. The molecule has 0 spiro atoms. The number of aliphatic hydroxyl groups excluding tert-OH is 1. The lowest BCUT2D eigenvalue weighted by atomic mass is 9.80. The lowest BCUT2D eigenvalue weighted by molar-refractivity contribution is -0.131. The number of alkyl carbamates (subject to hydrolysis) is 1. The fraction of sp³-hybridized carbons (Fsp3) is 0.458. The number of carbonyl (C=O) groups is 1. The molecule has 0 bridgehead atoms. The smallest absolute Gasteiger partial charge is 0.407 e. The Labute approximate surface area is 206 Å². The van der Waals surface area contributed by atoms with Gasteiger partial charge in [-0.1, -0.05) is 55.3 Å². The summed E-state index contributed by atoms with van der Waals surface area (Å²) >= 11 is 9.50. The van der Waals surface area contributed by atoms with Gasteiger partial charge < -0.3 is 24.6 Å². The fourth-order valence-corrected chi connectivity index (χ4v) is 4.81. The van der Waals surface area contributed by atoms with Crippen molar-refractivity contribution < 1.29 is 28.5 Å². The van der Waals surface area contributed by atoms with Crippen molar-refractivity contribution in [3.8, 4) is 5.75 Å². The molecule has 180 valence electrons. The summed E-state index contributed by atoms with van der Waals surface area (Å²) in [7, 11) is 1.51. The quantitative estimate of drug-likeness (QED) is 0.288. The zero-order chi connectivity index (χ0) is 24.0. The summed E-state index contributed by atoms with van der Waals surface area (Å²) in [6.45, 7) is 2.71. The molecule has 0 saturated heterocycles. The van der Waals surface area contributed by atoms with Gasteiger partial charge in [0, 0.05) is 35.3 Å². The first-order valence-electron chi connectivity index (χ1n) is 10.9. The van der Waals surface area contributed by atoms with Gasteiger partial charge in [-0.2, -0.15) is 0 Å². The molecule has 0 fully saturated rings. The first kappa shape index (κ1) is 25.7. The molecule has 6 nitrogen and oxygen atoms in total. The van der Waals surface area contributed by atoms with Gasteiger partial charge in [-0.15, -0.1) is 0 Å². The molecule has 1 aliphatic heterocycles. The summed E-state index contributed by atoms with van der Waals surface area (Å²) in [6, 6.07) is 10.4. The molecular formula is C24H28BrClFNO5. The number of methoxy groups -OCH3 is 1. The van der Waals surface area contributed by atoms with Gasteiger partial charge in [0.05, 0.1) is 11.6 Å². The molecule has 9 heteroatoms. The molecule has 0 aromatic heterocycles. The number of carbonyl (C=O) groups excluding carboxylic acids is 1. The largest absolute Gasteiger partial charge is 0.476 e. The number of nitrogens with one attached hydrogen (secondary N) is 1. The second kappa shape index (κ2) is 11.5. The van der Waals surface area contributed by atoms with Crippen LogP contribution in [-0.4, -0.2) is 37.6 Å². The monoisotopic (exact) mass is 543 g/mol. The number of halogens is 3. The highest BCUT2D eigenvalue weighted by Crippen LogP contribution is 2.56. The predicted molar refractivity (Wildman–Crippen MR) is 127 cm³/mol. The van der Waals surface area contributed by atoms with Crippen molar-refractivity contribution in [2.75, 3.05) is 20.3 Å². The molecular weight excluding hydrogens is 517 g/mol. The minimum absolute atomic E-state index is 0.0801. The van der Waals surface area contributed by atoms with Gasteiger partial charge in [-0.3, -0.25) is 0 Å². The first-order valence-corrected chi connectivity index (χ1v) is 12.1. The van der Waals surface area contributed by atoms with Crippen LogP contribution >= 0.6 is 27.5 Å². The number of benzene rings is 2. The van der Waals surface area contributed by atoms with Crippen LogP contribution in [0.2, 0.25) is 5.02 Å². The van der Waals surface area contributed by atoms with E-state index in [4.69, 9.17) is 25.8 Å². The average molecular weight is 545 g/mol. The summed E-state index contributed by atoms with van der Waals surface area (Å²) < 4.78 is 31.9. The van der Waals surface area contributed by atoms with Crippen molar-refractivity contribution in [2.24, 2.45) is 0 Å². The third-order valence-corrected chi connectivity index (χ3v) is 7.12. The minimum Gasteiger partial charge on any atom is -0.476 e. The molecule has 3 rings (SSSR count). The van der Waals surface area contributed by atoms with Crippen molar-refractivity contribution in [2.45, 2.75) is 50.4 Å². The topological polar surface area (TPSA) is 77.0 Å². The minimum atomic E-state index is -1.33. The van der Waals surface area contributed by atoms with Gasteiger partial charge >= 0.3 is 6.09 Å². The van der Waals surface area contributed by atoms with E-state index in [-0.39, 0.29) is 17.2 Å². The van der Waals surface area contributed by atoms with E-state index in [2.05, 4.69) is 21.2 Å². The van der Waals surface area contributed by atoms with Gasteiger partial charge in [0.1, 0.15) is 23.8 Å². The Balaban J connectivity index is 1.83. The van der Waals surface area contributed by atoms with Gasteiger partial charge in [0.15, 0.2) is 5.60 Å². The third kappa shape index (κ3) is 5.29. The van der Waals surface area contributed by atoms with Crippen molar-refractivity contribution in [3.05, 3.63) is 62.8 Å². The van der Waals surface area contributed by atoms with Crippen LogP contribution in [0.3, 0.4) is 0 Å². The highest BCUT2D eigenvalue weighted by Gasteiger charge is 2.56. The van der Waals surface area contributed by atoms with E-state index in [0.29, 0.717) is 35.2 Å². The molecule has 0 saturated carbocycles. The first-order chi connectivity index (χ1) is 15.9. The number of unbranched alkanes of at least 4 members (excludes halogenated alkanes) is 1. The van der Waals surface area contributed by atoms with Crippen molar-refractivity contribution >= 4 is 33.6 Å². The molecule has 0 radical (unpaired) electrons. The SMILES string of the molecule is CCCCOC(=O)NCCCC(O)[C@]1(c2ccccc2)Oc2cc(F)c(Cl)c(Br)c2[C@@H]1OC. The van der Waals surface area contributed by atoms with E-state index >= 15 is 0 Å². The van der Waals surface area contributed by atoms with Gasteiger partial charge in [-0.25, -0.2) is 9.18 Å². The number of ether oxygens (including phenoxy) is 3. The second-order valence-corrected chi connectivity index (χ2v) is 9.02. The van der Waals surface area contributed by atoms with Crippen LogP contribution in [0, 0.1) is 5.82 Å². The van der Waals surface area contributed by atoms with Crippen LogP contribution in [0.15, 0.2) is 40.9 Å². The lowest BCUT2D eigenvalue weighted by Crippen LogP contribution is -2.47. The van der Waals surface area contributed by atoms with Crippen molar-refractivity contribution in [1.29, 1.82) is 0 Å². The summed E-state index contributed by atoms with van der Waals surface area (Å²) in [5, 5.41) is 14.0. The Kier molecular flexibility index (Phi) is 8.98. The molecule has 2 aromatic carbocycles. The highest BCUT2D eigenvalue weighted by molar-refractivity contribution is 9.10. The summed E-state index contributed by atoms with van der Waals surface area (Å²) in [5.74, 6) is -0.391. The van der Waals surface area contributed by atoms with E-state index in [1.807, 2.05) is 37.3 Å². The average Bonchev–Trinajstić information content (AvgIpc) is 3.16. The maximum absolute atomic E-state index is 14.4. The second-order valence-electron chi connectivity index (χ2n) is 7.85. The molecule has 0 aliphatic carbocycles. The van der Waals surface area contributed by atoms with Crippen LogP contribution in [-0.2, 0) is 15.1 Å². The van der Waals surface area contributed by atoms with Crippen LogP contribution in [0.25, 0.3) is 0 Å². The molecule has 1 unspecified atom stereocenters. The normalized spacial score (nSPS) is 20.1. The van der Waals surface area contributed by atoms with Crippen molar-refractivity contribution in [1.82, 2.24) is 5.32 Å². The van der Waals surface area contributed by atoms with E-state index in [1.54, 1.807) is 0 Å². The van der Waals surface area contributed by atoms with E-state index in [0.717, 1.165) is 12.8 Å². The maximum atomic E-state index is 14.4. The summed E-state index contributed by atoms with van der Waals surface area (Å²) in [6.07, 6.45) is 0.214. The molecule has 3 atom stereocenters. The Hall–Kier alpha value is -1.87. The Bertz CT molecular complexity index is 964. The zero-order valence-corrected chi connectivity index (χ0v) is 20.9. The molecule has 2 aromatic rings. The number of aliphatic hydroxyl groups is 1. The van der Waals surface area contributed by atoms with Crippen LogP contribution < -0.4 is 10.1 Å². The van der Waals surface area contributed by atoms with Gasteiger partial charge in [0.2, 0.25) is 0 Å². The van der Waals surface area contributed by atoms with Crippen molar-refractivity contribution in [3.63, 3.8) is 0 Å².